The summed E-state index contributed by atoms with van der Waals surface area (Å²) in [4.78, 5) is 29.2. The molecule has 0 radical (unpaired) electrons. The number of carbonyl (C=O) groups is 2. The maximum Gasteiger partial charge on any atom is 0.338 e. The lowest BCUT2D eigenvalue weighted by atomic mass is 9.74. The average molecular weight is 697 g/mol. The molecule has 2 heterocycles. The molecule has 1 aliphatic heterocycles. The number of esters is 1. The molecule has 1 unspecified atom stereocenters. The van der Waals surface area contributed by atoms with Crippen LogP contribution in [-0.2, 0) is 42.2 Å². The van der Waals surface area contributed by atoms with Gasteiger partial charge in [-0.3, -0.25) is 4.79 Å². The minimum atomic E-state index is -3.78. The summed E-state index contributed by atoms with van der Waals surface area (Å²) in [7, 11) is 1.02. The first-order valence-corrected chi connectivity index (χ1v) is 18.7. The van der Waals surface area contributed by atoms with Crippen molar-refractivity contribution in [3.8, 4) is 0 Å². The van der Waals surface area contributed by atoms with Crippen molar-refractivity contribution in [2.75, 3.05) is 47.5 Å². The first kappa shape index (κ1) is 36.8. The number of likely N-dealkylation sites (N-methyl/N-ethyl adjacent to an activating group) is 2. The number of hydrogen-bond acceptors (Lipinski definition) is 7. The lowest BCUT2D eigenvalue weighted by Gasteiger charge is -2.31. The highest BCUT2D eigenvalue weighted by molar-refractivity contribution is 7.86. The zero-order valence-corrected chi connectivity index (χ0v) is 30.6. The van der Waals surface area contributed by atoms with Crippen LogP contribution in [0.15, 0.2) is 53.8 Å². The number of aromatic nitrogens is 1. The van der Waals surface area contributed by atoms with E-state index in [0.717, 1.165) is 40.2 Å². The average Bonchev–Trinajstić information content (AvgIpc) is 3.24. The Hall–Kier alpha value is -3.45. The Balaban J connectivity index is 1.53. The summed E-state index contributed by atoms with van der Waals surface area (Å²) in [6, 6.07) is 5.89. The van der Waals surface area contributed by atoms with Gasteiger partial charge < -0.3 is 23.7 Å². The molecule has 3 aliphatic rings. The molecular weight excluding hydrogens is 644 g/mol. The van der Waals surface area contributed by atoms with Gasteiger partial charge in [0, 0.05) is 61.2 Å². The Labute approximate surface area is 290 Å². The van der Waals surface area contributed by atoms with Crippen molar-refractivity contribution in [1.29, 1.82) is 0 Å². The molecule has 0 bridgehead atoms. The zero-order chi connectivity index (χ0) is 35.6. The maximum atomic E-state index is 14.3. The highest BCUT2D eigenvalue weighted by Gasteiger charge is 2.38. The minimum Gasteiger partial charge on any atom is -0.497 e. The number of amides is 1. The Morgan fingerprint density at radius 2 is 1.78 bits per heavy atom. The molecule has 1 fully saturated rings. The van der Waals surface area contributed by atoms with Gasteiger partial charge >= 0.3 is 5.97 Å². The van der Waals surface area contributed by atoms with Crippen molar-refractivity contribution >= 4 is 33.0 Å². The summed E-state index contributed by atoms with van der Waals surface area (Å²) in [6.45, 7) is 6.75. The smallest absolute Gasteiger partial charge is 0.338 e. The van der Waals surface area contributed by atoms with E-state index in [-0.39, 0.29) is 31.6 Å². The molecular formula is C37H52N4O7S. The van der Waals surface area contributed by atoms with Crippen molar-refractivity contribution in [3.63, 3.8) is 0 Å². The molecule has 2 aromatic rings. The molecule has 2 aliphatic carbocycles. The Kier molecular flexibility index (Phi) is 11.1. The molecule has 49 heavy (non-hydrogen) atoms. The SMILES string of the molecule is COC1=CC2(C=C(C(=O)N(C)CCOCCN(C)S(N)(=O)=O)Cn3c(c(C4CCCCC4)c4ccc(C(=O)OC(C)(C)C)cc43)C2)CC=C1. The van der Waals surface area contributed by atoms with E-state index >= 15 is 0 Å². The molecule has 0 saturated heterocycles. The van der Waals surface area contributed by atoms with Gasteiger partial charge in [-0.25, -0.2) is 9.93 Å². The summed E-state index contributed by atoms with van der Waals surface area (Å²) in [5.41, 5.74) is 3.48. The number of methoxy groups -OCH3 is 1. The molecule has 1 spiro atoms. The van der Waals surface area contributed by atoms with Gasteiger partial charge in [0.15, 0.2) is 0 Å². The first-order chi connectivity index (χ1) is 23.1. The number of nitrogens with zero attached hydrogens (tertiary/aromatic N) is 3. The molecule has 1 atom stereocenters. The molecule has 268 valence electrons. The third-order valence-corrected chi connectivity index (χ3v) is 10.8. The fourth-order valence-electron chi connectivity index (χ4n) is 7.27. The van der Waals surface area contributed by atoms with E-state index in [0.29, 0.717) is 36.6 Å². The summed E-state index contributed by atoms with van der Waals surface area (Å²) in [5, 5.41) is 6.29. The van der Waals surface area contributed by atoms with Gasteiger partial charge in [-0.05, 0) is 75.8 Å². The molecule has 11 nitrogen and oxygen atoms in total. The van der Waals surface area contributed by atoms with Gasteiger partial charge in [-0.15, -0.1) is 0 Å². The second kappa shape index (κ2) is 14.8. The monoisotopic (exact) mass is 696 g/mol. The van der Waals surface area contributed by atoms with Gasteiger partial charge in [0.2, 0.25) is 0 Å². The van der Waals surface area contributed by atoms with Crippen molar-refractivity contribution in [2.45, 2.75) is 83.8 Å². The fourth-order valence-corrected chi connectivity index (χ4v) is 7.60. The van der Waals surface area contributed by atoms with Gasteiger partial charge in [-0.1, -0.05) is 37.5 Å². The minimum absolute atomic E-state index is 0.115. The third kappa shape index (κ3) is 8.65. The van der Waals surface area contributed by atoms with Crippen LogP contribution in [-0.4, -0.2) is 87.2 Å². The van der Waals surface area contributed by atoms with E-state index in [9.17, 15) is 18.0 Å². The second-order valence-electron chi connectivity index (χ2n) is 14.7. The lowest BCUT2D eigenvalue weighted by Crippen LogP contribution is -2.36. The van der Waals surface area contributed by atoms with Gasteiger partial charge in [0.05, 0.1) is 32.4 Å². The normalized spacial score (nSPS) is 20.2. The van der Waals surface area contributed by atoms with Crippen LogP contribution in [0.25, 0.3) is 10.9 Å². The Morgan fingerprint density at radius 3 is 2.45 bits per heavy atom. The van der Waals surface area contributed by atoms with Gasteiger partial charge in [-0.2, -0.15) is 12.7 Å². The van der Waals surface area contributed by atoms with Crippen LogP contribution in [0.1, 0.15) is 86.8 Å². The number of fused-ring (bicyclic) bond motifs is 3. The number of benzene rings is 1. The molecule has 1 saturated carbocycles. The first-order valence-electron chi connectivity index (χ1n) is 17.2. The number of nitrogens with two attached hydrogens (primary N) is 1. The zero-order valence-electron chi connectivity index (χ0n) is 29.8. The predicted octanol–water partition coefficient (Wildman–Crippen LogP) is 5.21. The van der Waals surface area contributed by atoms with E-state index in [1.54, 1.807) is 19.1 Å². The standard InChI is InChI=1S/C37H52N4O7S/c1-36(2,3)48-35(43)27-14-15-30-31(21-27)41-25-28(34(42)39(4)17-19-47-20-18-40(5)49(38,44)45)22-37(16-10-13-29(23-37)46-6)24-32(41)33(30)26-11-8-7-9-12-26/h10,13-15,21-23,26H,7-9,11-12,16-20,24-25H2,1-6H3,(H2,38,44,45). The van der Waals surface area contributed by atoms with Crippen LogP contribution in [0.5, 0.6) is 0 Å². The summed E-state index contributed by atoms with van der Waals surface area (Å²) >= 11 is 0. The van der Waals surface area contributed by atoms with Crippen LogP contribution in [0.4, 0.5) is 0 Å². The second-order valence-corrected chi connectivity index (χ2v) is 16.3. The highest BCUT2D eigenvalue weighted by atomic mass is 32.2. The van der Waals surface area contributed by atoms with Crippen LogP contribution >= 0.6 is 0 Å². The number of allylic oxidation sites excluding steroid dienone is 4. The topological polar surface area (TPSA) is 133 Å². The van der Waals surface area contributed by atoms with Gasteiger partial charge in [0.1, 0.15) is 11.4 Å². The van der Waals surface area contributed by atoms with Crippen molar-refractivity contribution < 1.29 is 32.2 Å². The van der Waals surface area contributed by atoms with Crippen molar-refractivity contribution in [3.05, 3.63) is 70.7 Å². The number of hydrogen-bond donors (Lipinski definition) is 1. The number of carbonyl (C=O) groups excluding carboxylic acids is 2. The molecule has 1 amide bonds. The largest absolute Gasteiger partial charge is 0.497 e. The highest BCUT2D eigenvalue weighted by Crippen LogP contribution is 2.47. The maximum absolute atomic E-state index is 14.3. The van der Waals surface area contributed by atoms with Crippen molar-refractivity contribution in [2.24, 2.45) is 10.6 Å². The number of rotatable bonds is 11. The quantitative estimate of drug-likeness (QED) is 0.252. The van der Waals surface area contributed by atoms with Crippen LogP contribution in [0, 0.1) is 5.41 Å². The van der Waals surface area contributed by atoms with Crippen LogP contribution < -0.4 is 5.14 Å². The van der Waals surface area contributed by atoms with E-state index in [1.165, 1.54) is 37.6 Å². The van der Waals surface area contributed by atoms with Crippen molar-refractivity contribution in [1.82, 2.24) is 13.8 Å². The van der Waals surface area contributed by atoms with E-state index < -0.39 is 21.2 Å². The van der Waals surface area contributed by atoms with Crippen LogP contribution in [0.2, 0.25) is 0 Å². The van der Waals surface area contributed by atoms with Crippen LogP contribution in [0.3, 0.4) is 0 Å². The summed E-state index contributed by atoms with van der Waals surface area (Å²) in [6.07, 6.45) is 15.6. The molecule has 1 aromatic heterocycles. The Bertz CT molecular complexity index is 1760. The Morgan fingerprint density at radius 1 is 1.06 bits per heavy atom. The molecule has 1 aromatic carbocycles. The van der Waals surface area contributed by atoms with Gasteiger partial charge in [0.25, 0.3) is 16.1 Å². The third-order valence-electron chi connectivity index (χ3n) is 9.77. The summed E-state index contributed by atoms with van der Waals surface area (Å²) < 4.78 is 43.4. The molecule has 2 N–H and O–H groups in total. The van der Waals surface area contributed by atoms with E-state index in [4.69, 9.17) is 19.3 Å². The van der Waals surface area contributed by atoms with E-state index in [1.807, 2.05) is 39.0 Å². The molecule has 5 rings (SSSR count). The lowest BCUT2D eigenvalue weighted by molar-refractivity contribution is -0.126. The fraction of sp³-hybridized carbons (Fsp3) is 0.568. The number of ether oxygens (including phenoxy) is 3. The van der Waals surface area contributed by atoms with E-state index in [2.05, 4.69) is 28.9 Å². The predicted molar refractivity (Wildman–Crippen MR) is 190 cm³/mol. The molecule has 12 heteroatoms. The summed E-state index contributed by atoms with van der Waals surface area (Å²) in [5.74, 6) is 0.661.